The molecule has 19 heavy (non-hydrogen) atoms. The highest BCUT2D eigenvalue weighted by Gasteiger charge is 2.12. The highest BCUT2D eigenvalue weighted by Crippen LogP contribution is 2.09. The van der Waals surface area contributed by atoms with Crippen molar-refractivity contribution < 1.29 is 5.21 Å². The molecule has 6 heteroatoms. The number of aryl methyl sites for hydroxylation is 2. The van der Waals surface area contributed by atoms with Crippen LogP contribution in [-0.4, -0.2) is 38.8 Å². The first-order chi connectivity index (χ1) is 9.14. The van der Waals surface area contributed by atoms with E-state index in [1.807, 2.05) is 4.68 Å². The standard InChI is InChI=1S/C13H25N5O/c1-4-7-17(10-13(14)16-19)9-12-8-11(5-2)15-18(12)6-3/h8,19H,4-7,9-10H2,1-3H3,(H2,14,16). The summed E-state index contributed by atoms with van der Waals surface area (Å²) in [6.07, 6.45) is 1.97. The first kappa shape index (κ1) is 15.5. The lowest BCUT2D eigenvalue weighted by Gasteiger charge is -2.21. The predicted molar refractivity (Wildman–Crippen MR) is 76.3 cm³/mol. The van der Waals surface area contributed by atoms with Crippen molar-refractivity contribution in [3.05, 3.63) is 17.5 Å². The Morgan fingerprint density at radius 1 is 1.47 bits per heavy atom. The Hall–Kier alpha value is -1.56. The predicted octanol–water partition coefficient (Wildman–Crippen LogP) is 1.42. The zero-order valence-corrected chi connectivity index (χ0v) is 12.1. The topological polar surface area (TPSA) is 79.7 Å². The Kier molecular flexibility index (Phi) is 6.35. The van der Waals surface area contributed by atoms with E-state index in [9.17, 15) is 0 Å². The van der Waals surface area contributed by atoms with Crippen molar-refractivity contribution in [1.29, 1.82) is 0 Å². The van der Waals surface area contributed by atoms with Crippen LogP contribution in [0.1, 0.15) is 38.6 Å². The quantitative estimate of drug-likeness (QED) is 0.323. The molecular weight excluding hydrogens is 242 g/mol. The van der Waals surface area contributed by atoms with Crippen molar-refractivity contribution in [3.8, 4) is 0 Å². The van der Waals surface area contributed by atoms with E-state index in [2.05, 4.69) is 42.0 Å². The number of oxime groups is 1. The molecule has 0 bridgehead atoms. The van der Waals surface area contributed by atoms with Crippen LogP contribution in [0.2, 0.25) is 0 Å². The van der Waals surface area contributed by atoms with E-state index in [1.165, 1.54) is 5.69 Å². The molecule has 1 rings (SSSR count). The Balaban J connectivity index is 2.80. The normalized spacial score (nSPS) is 12.3. The maximum Gasteiger partial charge on any atom is 0.153 e. The van der Waals surface area contributed by atoms with E-state index >= 15 is 0 Å². The monoisotopic (exact) mass is 267 g/mol. The number of hydrogen-bond donors (Lipinski definition) is 2. The van der Waals surface area contributed by atoms with Gasteiger partial charge in [-0.25, -0.2) is 0 Å². The van der Waals surface area contributed by atoms with Crippen molar-refractivity contribution in [2.24, 2.45) is 10.9 Å². The Morgan fingerprint density at radius 3 is 2.74 bits per heavy atom. The molecule has 0 aromatic carbocycles. The van der Waals surface area contributed by atoms with Gasteiger partial charge in [-0.15, -0.1) is 0 Å². The van der Waals surface area contributed by atoms with Gasteiger partial charge in [0, 0.05) is 13.1 Å². The Morgan fingerprint density at radius 2 is 2.21 bits per heavy atom. The first-order valence-corrected chi connectivity index (χ1v) is 6.88. The van der Waals surface area contributed by atoms with Crippen LogP contribution < -0.4 is 5.73 Å². The molecule has 108 valence electrons. The summed E-state index contributed by atoms with van der Waals surface area (Å²) in [4.78, 5) is 2.16. The highest BCUT2D eigenvalue weighted by atomic mass is 16.4. The van der Waals surface area contributed by atoms with E-state index in [4.69, 9.17) is 10.9 Å². The molecule has 6 nitrogen and oxygen atoms in total. The van der Waals surface area contributed by atoms with E-state index in [-0.39, 0.29) is 5.84 Å². The van der Waals surface area contributed by atoms with Crippen LogP contribution in [0.3, 0.4) is 0 Å². The van der Waals surface area contributed by atoms with Gasteiger partial charge in [0.25, 0.3) is 0 Å². The summed E-state index contributed by atoms with van der Waals surface area (Å²) in [6, 6.07) is 2.14. The van der Waals surface area contributed by atoms with Crippen molar-refractivity contribution in [2.45, 2.75) is 46.7 Å². The molecule has 0 spiro atoms. The van der Waals surface area contributed by atoms with Crippen molar-refractivity contribution >= 4 is 5.84 Å². The summed E-state index contributed by atoms with van der Waals surface area (Å²) in [7, 11) is 0. The molecule has 0 aliphatic carbocycles. The van der Waals surface area contributed by atoms with Gasteiger partial charge < -0.3 is 10.9 Å². The molecule has 0 amide bonds. The number of hydrogen-bond acceptors (Lipinski definition) is 4. The zero-order chi connectivity index (χ0) is 14.3. The largest absolute Gasteiger partial charge is 0.409 e. The minimum absolute atomic E-state index is 0.242. The molecule has 0 unspecified atom stereocenters. The smallest absolute Gasteiger partial charge is 0.153 e. The summed E-state index contributed by atoms with van der Waals surface area (Å²) >= 11 is 0. The van der Waals surface area contributed by atoms with Crippen LogP contribution in [0.25, 0.3) is 0 Å². The van der Waals surface area contributed by atoms with Gasteiger partial charge in [0.1, 0.15) is 0 Å². The molecule has 0 fully saturated rings. The Labute approximate surface area is 114 Å². The number of nitrogens with zero attached hydrogens (tertiary/aromatic N) is 4. The average molecular weight is 267 g/mol. The zero-order valence-electron chi connectivity index (χ0n) is 12.1. The van der Waals surface area contributed by atoms with Gasteiger partial charge in [-0.1, -0.05) is 19.0 Å². The van der Waals surface area contributed by atoms with E-state index in [1.54, 1.807) is 0 Å². The molecule has 0 atom stereocenters. The van der Waals surface area contributed by atoms with Gasteiger partial charge in [0.2, 0.25) is 0 Å². The van der Waals surface area contributed by atoms with Crippen molar-refractivity contribution in [3.63, 3.8) is 0 Å². The third-order valence-electron chi connectivity index (χ3n) is 3.02. The van der Waals surface area contributed by atoms with Gasteiger partial charge in [-0.05, 0) is 32.4 Å². The van der Waals surface area contributed by atoms with Crippen LogP contribution in [0.5, 0.6) is 0 Å². The summed E-state index contributed by atoms with van der Waals surface area (Å²) < 4.78 is 2.02. The average Bonchev–Trinajstić information content (AvgIpc) is 2.81. The molecule has 0 aliphatic heterocycles. The van der Waals surface area contributed by atoms with Gasteiger partial charge in [0.05, 0.1) is 17.9 Å². The summed E-state index contributed by atoms with van der Waals surface area (Å²) in [6.45, 7) is 9.32. The first-order valence-electron chi connectivity index (χ1n) is 6.88. The van der Waals surface area contributed by atoms with Crippen molar-refractivity contribution in [2.75, 3.05) is 13.1 Å². The fourth-order valence-corrected chi connectivity index (χ4v) is 2.11. The number of amidine groups is 1. The van der Waals surface area contributed by atoms with Crippen LogP contribution in [0, 0.1) is 0 Å². The molecule has 0 aliphatic rings. The van der Waals surface area contributed by atoms with Crippen LogP contribution in [0.4, 0.5) is 0 Å². The lowest BCUT2D eigenvalue weighted by molar-refractivity contribution is 0.279. The fourth-order valence-electron chi connectivity index (χ4n) is 2.11. The fraction of sp³-hybridized carbons (Fsp3) is 0.692. The number of aromatic nitrogens is 2. The maximum absolute atomic E-state index is 8.68. The van der Waals surface area contributed by atoms with Crippen molar-refractivity contribution in [1.82, 2.24) is 14.7 Å². The molecular formula is C13H25N5O. The van der Waals surface area contributed by atoms with E-state index in [0.717, 1.165) is 38.2 Å². The number of nitrogens with two attached hydrogens (primary N) is 1. The molecule has 0 radical (unpaired) electrons. The molecule has 3 N–H and O–H groups in total. The summed E-state index contributed by atoms with van der Waals surface area (Å²) in [5, 5.41) is 16.3. The third-order valence-corrected chi connectivity index (χ3v) is 3.02. The Bertz CT molecular complexity index is 413. The van der Waals surface area contributed by atoms with Crippen LogP contribution in [0.15, 0.2) is 11.2 Å². The highest BCUT2D eigenvalue weighted by molar-refractivity contribution is 5.81. The SMILES string of the molecule is CCCN(CC(N)=NO)Cc1cc(CC)nn1CC. The van der Waals surface area contributed by atoms with Gasteiger partial charge in [-0.2, -0.15) is 5.10 Å². The minimum Gasteiger partial charge on any atom is -0.409 e. The lowest BCUT2D eigenvalue weighted by atomic mass is 10.2. The molecule has 0 saturated carbocycles. The second-order valence-electron chi connectivity index (χ2n) is 4.60. The van der Waals surface area contributed by atoms with Crippen LogP contribution in [-0.2, 0) is 19.5 Å². The maximum atomic E-state index is 8.68. The molecule has 0 saturated heterocycles. The summed E-state index contributed by atoms with van der Waals surface area (Å²) in [5.74, 6) is 0.242. The van der Waals surface area contributed by atoms with E-state index < -0.39 is 0 Å². The second-order valence-corrected chi connectivity index (χ2v) is 4.60. The van der Waals surface area contributed by atoms with Gasteiger partial charge >= 0.3 is 0 Å². The molecule has 1 aromatic rings. The molecule has 1 heterocycles. The lowest BCUT2D eigenvalue weighted by Crippen LogP contribution is -2.34. The minimum atomic E-state index is 0.242. The number of rotatable bonds is 8. The van der Waals surface area contributed by atoms with Gasteiger partial charge in [-0.3, -0.25) is 9.58 Å². The van der Waals surface area contributed by atoms with E-state index in [0.29, 0.717) is 6.54 Å². The van der Waals surface area contributed by atoms with Gasteiger partial charge in [0.15, 0.2) is 5.84 Å². The molecule has 1 aromatic heterocycles. The second kappa shape index (κ2) is 7.78. The van der Waals surface area contributed by atoms with Crippen LogP contribution >= 0.6 is 0 Å². The third kappa shape index (κ3) is 4.55. The summed E-state index contributed by atoms with van der Waals surface area (Å²) in [5.41, 5.74) is 7.88.